The molecule has 0 saturated carbocycles. The van der Waals surface area contributed by atoms with Crippen LogP contribution >= 0.6 is 11.6 Å². The van der Waals surface area contributed by atoms with Crippen LogP contribution in [0.25, 0.3) is 5.69 Å². The van der Waals surface area contributed by atoms with Gasteiger partial charge in [-0.05, 0) is 57.4 Å². The summed E-state index contributed by atoms with van der Waals surface area (Å²) >= 11 is 5.96. The number of alkyl carbamates (subject to hydrolysis) is 1. The van der Waals surface area contributed by atoms with E-state index in [0.29, 0.717) is 30.1 Å². The van der Waals surface area contributed by atoms with Crippen molar-refractivity contribution in [3.05, 3.63) is 46.7 Å². The summed E-state index contributed by atoms with van der Waals surface area (Å²) in [5.41, 5.74) is 1.68. The smallest absolute Gasteiger partial charge is 0.407 e. The number of halogens is 1. The number of hydrogen-bond acceptors (Lipinski definition) is 4. The second-order valence-corrected chi connectivity index (χ2v) is 8.46. The molecule has 7 nitrogen and oxygen atoms in total. The zero-order valence-corrected chi connectivity index (χ0v) is 18.3. The average Bonchev–Trinajstić information content (AvgIpc) is 3.05. The molecule has 2 amide bonds. The Morgan fingerprint density at radius 2 is 1.76 bits per heavy atom. The Morgan fingerprint density at radius 3 is 2.34 bits per heavy atom. The highest BCUT2D eigenvalue weighted by molar-refractivity contribution is 6.30. The lowest BCUT2D eigenvalue weighted by Crippen LogP contribution is -2.34. The summed E-state index contributed by atoms with van der Waals surface area (Å²) in [6.45, 7) is 10.3. The van der Waals surface area contributed by atoms with Crippen LogP contribution in [-0.2, 0) is 4.74 Å². The number of nitrogens with one attached hydrogen (secondary N) is 2. The third-order valence-corrected chi connectivity index (χ3v) is 4.23. The van der Waals surface area contributed by atoms with Crippen molar-refractivity contribution in [2.75, 3.05) is 13.1 Å². The topological polar surface area (TPSA) is 85.2 Å². The molecule has 1 aromatic carbocycles. The molecule has 0 aliphatic carbocycles. The Bertz CT molecular complexity index is 839. The number of carbonyl (C=O) groups is 2. The highest BCUT2D eigenvalue weighted by atomic mass is 35.5. The lowest BCUT2D eigenvalue weighted by molar-refractivity contribution is 0.0527. The molecule has 2 aromatic rings. The van der Waals surface area contributed by atoms with Gasteiger partial charge in [-0.25, -0.2) is 9.48 Å². The van der Waals surface area contributed by atoms with Crippen molar-refractivity contribution in [1.29, 1.82) is 0 Å². The van der Waals surface area contributed by atoms with Gasteiger partial charge in [-0.15, -0.1) is 0 Å². The molecule has 1 aromatic heterocycles. The van der Waals surface area contributed by atoms with Crippen molar-refractivity contribution in [1.82, 2.24) is 20.4 Å². The summed E-state index contributed by atoms with van der Waals surface area (Å²) in [4.78, 5) is 24.3. The first-order chi connectivity index (χ1) is 13.6. The molecule has 0 aliphatic rings. The lowest BCUT2D eigenvalue weighted by Gasteiger charge is -2.19. The first-order valence-corrected chi connectivity index (χ1v) is 10.0. The number of hydrogen-bond donors (Lipinski definition) is 2. The van der Waals surface area contributed by atoms with Crippen molar-refractivity contribution >= 4 is 23.6 Å². The van der Waals surface area contributed by atoms with Gasteiger partial charge in [0.05, 0.1) is 23.1 Å². The molecule has 158 valence electrons. The van der Waals surface area contributed by atoms with E-state index in [-0.39, 0.29) is 11.8 Å². The van der Waals surface area contributed by atoms with Gasteiger partial charge in [-0.3, -0.25) is 4.79 Å². The summed E-state index contributed by atoms with van der Waals surface area (Å²) < 4.78 is 6.94. The molecule has 0 saturated heterocycles. The highest BCUT2D eigenvalue weighted by Crippen LogP contribution is 2.24. The molecule has 0 bridgehead atoms. The Morgan fingerprint density at radius 1 is 1.14 bits per heavy atom. The fraction of sp³-hybridized carbons (Fsp3) is 0.476. The minimum absolute atomic E-state index is 0.0998. The van der Waals surface area contributed by atoms with Crippen LogP contribution in [0, 0.1) is 0 Å². The van der Waals surface area contributed by atoms with Gasteiger partial charge in [0.25, 0.3) is 5.91 Å². The summed E-state index contributed by atoms with van der Waals surface area (Å²) in [6, 6.07) is 7.32. The fourth-order valence-electron chi connectivity index (χ4n) is 2.77. The second kappa shape index (κ2) is 9.78. The van der Waals surface area contributed by atoms with Gasteiger partial charge in [-0.2, -0.15) is 5.10 Å². The van der Waals surface area contributed by atoms with Gasteiger partial charge in [0.1, 0.15) is 5.60 Å². The third-order valence-electron chi connectivity index (χ3n) is 3.98. The molecule has 0 aliphatic heterocycles. The molecule has 2 rings (SSSR count). The SMILES string of the molecule is CC(C)c1c(C(=O)NCCCNC(=O)OC(C)(C)C)cnn1-c1ccc(Cl)cc1. The van der Waals surface area contributed by atoms with Crippen LogP contribution < -0.4 is 10.6 Å². The fourth-order valence-corrected chi connectivity index (χ4v) is 2.89. The third kappa shape index (κ3) is 6.78. The van der Waals surface area contributed by atoms with Gasteiger partial charge in [0.2, 0.25) is 0 Å². The number of benzene rings is 1. The second-order valence-electron chi connectivity index (χ2n) is 8.02. The zero-order valence-electron chi connectivity index (χ0n) is 17.6. The number of carbonyl (C=O) groups excluding carboxylic acids is 2. The summed E-state index contributed by atoms with van der Waals surface area (Å²) in [5, 5.41) is 10.6. The van der Waals surface area contributed by atoms with Crippen molar-refractivity contribution in [2.45, 2.75) is 52.6 Å². The van der Waals surface area contributed by atoms with E-state index in [9.17, 15) is 9.59 Å². The van der Waals surface area contributed by atoms with E-state index in [1.54, 1.807) is 23.0 Å². The number of amides is 2. The predicted octanol–water partition coefficient (Wildman–Crippen LogP) is 4.29. The van der Waals surface area contributed by atoms with Gasteiger partial charge < -0.3 is 15.4 Å². The Kier molecular flexibility index (Phi) is 7.67. The van der Waals surface area contributed by atoms with Crippen molar-refractivity contribution in [3.63, 3.8) is 0 Å². The zero-order chi connectivity index (χ0) is 21.6. The summed E-state index contributed by atoms with van der Waals surface area (Å²) in [5.74, 6) is -0.0889. The van der Waals surface area contributed by atoms with E-state index in [0.717, 1.165) is 11.4 Å². The number of nitrogens with zero attached hydrogens (tertiary/aromatic N) is 2. The quantitative estimate of drug-likeness (QED) is 0.654. The minimum Gasteiger partial charge on any atom is -0.444 e. The maximum Gasteiger partial charge on any atom is 0.407 e. The van der Waals surface area contributed by atoms with Gasteiger partial charge in [0, 0.05) is 18.1 Å². The molecule has 29 heavy (non-hydrogen) atoms. The van der Waals surface area contributed by atoms with E-state index in [1.807, 2.05) is 46.8 Å². The molecule has 0 atom stereocenters. The van der Waals surface area contributed by atoms with Gasteiger partial charge in [0.15, 0.2) is 0 Å². The number of aromatic nitrogens is 2. The molecule has 8 heteroatoms. The van der Waals surface area contributed by atoms with E-state index >= 15 is 0 Å². The normalized spacial score (nSPS) is 11.4. The summed E-state index contributed by atoms with van der Waals surface area (Å²) in [6.07, 6.45) is 1.71. The van der Waals surface area contributed by atoms with E-state index in [1.165, 1.54) is 0 Å². The molecule has 0 radical (unpaired) electrons. The maximum atomic E-state index is 12.7. The highest BCUT2D eigenvalue weighted by Gasteiger charge is 2.21. The van der Waals surface area contributed by atoms with Crippen LogP contribution in [-0.4, -0.2) is 40.5 Å². The molecular formula is C21H29ClN4O3. The average molecular weight is 421 g/mol. The lowest BCUT2D eigenvalue weighted by atomic mass is 10.0. The van der Waals surface area contributed by atoms with Crippen LogP contribution in [0.4, 0.5) is 4.79 Å². The van der Waals surface area contributed by atoms with Crippen LogP contribution in [0.2, 0.25) is 5.02 Å². The van der Waals surface area contributed by atoms with Crippen molar-refractivity contribution in [3.8, 4) is 5.69 Å². The van der Waals surface area contributed by atoms with E-state index in [2.05, 4.69) is 15.7 Å². The Balaban J connectivity index is 1.94. The van der Waals surface area contributed by atoms with Gasteiger partial charge in [-0.1, -0.05) is 25.4 Å². The molecule has 2 N–H and O–H groups in total. The Hall–Kier alpha value is -2.54. The standard InChI is InChI=1S/C21H29ClN4O3/c1-14(2)18-17(13-25-26(18)16-9-7-15(22)8-10-16)19(27)23-11-6-12-24-20(28)29-21(3,4)5/h7-10,13-14H,6,11-12H2,1-5H3,(H,23,27)(H,24,28). The first kappa shape index (κ1) is 22.7. The first-order valence-electron chi connectivity index (χ1n) is 9.67. The maximum absolute atomic E-state index is 12.7. The monoisotopic (exact) mass is 420 g/mol. The van der Waals surface area contributed by atoms with Crippen molar-refractivity contribution < 1.29 is 14.3 Å². The van der Waals surface area contributed by atoms with Crippen LogP contribution in [0.15, 0.2) is 30.5 Å². The van der Waals surface area contributed by atoms with Crippen LogP contribution in [0.5, 0.6) is 0 Å². The molecule has 0 fully saturated rings. The Labute approximate surface area is 176 Å². The number of ether oxygens (including phenoxy) is 1. The molecule has 0 unspecified atom stereocenters. The predicted molar refractivity (Wildman–Crippen MR) is 114 cm³/mol. The summed E-state index contributed by atoms with van der Waals surface area (Å²) in [7, 11) is 0. The largest absolute Gasteiger partial charge is 0.444 e. The molecule has 1 heterocycles. The van der Waals surface area contributed by atoms with Crippen LogP contribution in [0.1, 0.15) is 63.0 Å². The number of rotatable bonds is 7. The molecule has 0 spiro atoms. The van der Waals surface area contributed by atoms with Crippen LogP contribution in [0.3, 0.4) is 0 Å². The van der Waals surface area contributed by atoms with E-state index in [4.69, 9.17) is 16.3 Å². The molecular weight excluding hydrogens is 392 g/mol. The minimum atomic E-state index is -0.532. The van der Waals surface area contributed by atoms with E-state index < -0.39 is 11.7 Å². The van der Waals surface area contributed by atoms with Crippen molar-refractivity contribution in [2.24, 2.45) is 0 Å². The van der Waals surface area contributed by atoms with Gasteiger partial charge >= 0.3 is 6.09 Å².